The minimum absolute atomic E-state index is 0.104. The maximum absolute atomic E-state index is 11.2. The third-order valence-electron chi connectivity index (χ3n) is 4.57. The smallest absolute Gasteiger partial charge is 0.221 e. The maximum atomic E-state index is 11.2. The van der Waals surface area contributed by atoms with Crippen molar-refractivity contribution in [1.82, 2.24) is 10.2 Å². The summed E-state index contributed by atoms with van der Waals surface area (Å²) in [5.74, 6) is 1.22. The van der Waals surface area contributed by atoms with E-state index in [0.29, 0.717) is 5.76 Å². The van der Waals surface area contributed by atoms with Gasteiger partial charge in [0.05, 0.1) is 5.56 Å². The number of amides is 1. The van der Waals surface area contributed by atoms with Gasteiger partial charge in [-0.05, 0) is 37.5 Å². The van der Waals surface area contributed by atoms with E-state index in [9.17, 15) is 4.79 Å². The van der Waals surface area contributed by atoms with Crippen LogP contribution in [0.2, 0.25) is 0 Å². The molecule has 0 radical (unpaired) electrons. The highest BCUT2D eigenvalue weighted by Gasteiger charge is 2.23. The Kier molecular flexibility index (Phi) is 4.85. The first kappa shape index (κ1) is 17.9. The Morgan fingerprint density at radius 1 is 1.18 bits per heavy atom. The molecule has 28 heavy (non-hydrogen) atoms. The zero-order valence-electron chi connectivity index (χ0n) is 15.8. The van der Waals surface area contributed by atoms with Crippen LogP contribution in [0.15, 0.2) is 66.3 Å². The van der Waals surface area contributed by atoms with Gasteiger partial charge in [-0.25, -0.2) is 0 Å². The Balaban J connectivity index is 1.62. The fraction of sp³-hybridized carbons (Fsp3) is 0.182. The standard InChI is InChI=1S/C22H21N3O3/c1-14-21(20-13-27-12-19(28-20)16-6-4-3-5-7-16)22(25-24-14)17-8-10-18(11-9-17)23-15(2)26/h3-4,6,8-13H,5,7H2,1-2H3,(H,23,26)(H,24,25). The number of hydrogen-bond acceptors (Lipinski definition) is 4. The summed E-state index contributed by atoms with van der Waals surface area (Å²) in [6, 6.07) is 7.53. The number of benzene rings is 1. The van der Waals surface area contributed by atoms with E-state index < -0.39 is 0 Å². The summed E-state index contributed by atoms with van der Waals surface area (Å²) < 4.78 is 11.7. The number of aromatic amines is 1. The first-order chi connectivity index (χ1) is 13.6. The highest BCUT2D eigenvalue weighted by Crippen LogP contribution is 2.36. The van der Waals surface area contributed by atoms with Crippen molar-refractivity contribution >= 4 is 17.4 Å². The molecule has 0 saturated carbocycles. The molecule has 1 aliphatic heterocycles. The minimum Gasteiger partial charge on any atom is -0.465 e. The van der Waals surface area contributed by atoms with Crippen LogP contribution < -0.4 is 5.32 Å². The molecule has 6 heteroatoms. The zero-order chi connectivity index (χ0) is 19.5. The molecule has 0 fully saturated rings. The number of carbonyl (C=O) groups excluding carboxylic acids is 1. The van der Waals surface area contributed by atoms with E-state index in [1.165, 1.54) is 6.92 Å². The van der Waals surface area contributed by atoms with Gasteiger partial charge >= 0.3 is 0 Å². The quantitative estimate of drug-likeness (QED) is 0.804. The van der Waals surface area contributed by atoms with E-state index in [2.05, 4.69) is 21.6 Å². The number of anilines is 1. The van der Waals surface area contributed by atoms with Crippen LogP contribution in [-0.2, 0) is 14.3 Å². The Morgan fingerprint density at radius 2 is 1.96 bits per heavy atom. The Labute approximate surface area is 163 Å². The number of H-pyrrole nitrogens is 1. The van der Waals surface area contributed by atoms with Gasteiger partial charge in [-0.15, -0.1) is 0 Å². The number of aromatic nitrogens is 2. The molecule has 0 spiro atoms. The van der Waals surface area contributed by atoms with E-state index in [0.717, 1.165) is 52.4 Å². The van der Waals surface area contributed by atoms with Crippen molar-refractivity contribution in [2.45, 2.75) is 26.7 Å². The van der Waals surface area contributed by atoms with E-state index in [4.69, 9.17) is 9.47 Å². The highest BCUT2D eigenvalue weighted by atomic mass is 16.5. The van der Waals surface area contributed by atoms with Gasteiger partial charge in [0.1, 0.15) is 18.2 Å². The minimum atomic E-state index is -0.104. The molecular formula is C22H21N3O3. The van der Waals surface area contributed by atoms with Crippen molar-refractivity contribution in [1.29, 1.82) is 0 Å². The highest BCUT2D eigenvalue weighted by molar-refractivity contribution is 5.89. The second-order valence-corrected chi connectivity index (χ2v) is 6.69. The molecule has 1 aromatic carbocycles. The average Bonchev–Trinajstić information content (AvgIpc) is 3.10. The molecule has 2 aromatic rings. The van der Waals surface area contributed by atoms with Gasteiger partial charge in [0.25, 0.3) is 0 Å². The van der Waals surface area contributed by atoms with Gasteiger partial charge in [-0.3, -0.25) is 9.89 Å². The molecule has 2 N–H and O–H groups in total. The van der Waals surface area contributed by atoms with Crippen molar-refractivity contribution in [2.24, 2.45) is 0 Å². The maximum Gasteiger partial charge on any atom is 0.221 e. The van der Waals surface area contributed by atoms with Crippen LogP contribution in [0.3, 0.4) is 0 Å². The first-order valence-corrected chi connectivity index (χ1v) is 9.15. The Hall–Kier alpha value is -3.54. The van der Waals surface area contributed by atoms with E-state index in [1.54, 1.807) is 12.5 Å². The van der Waals surface area contributed by atoms with Crippen molar-refractivity contribution in [3.63, 3.8) is 0 Å². The van der Waals surface area contributed by atoms with Gasteiger partial charge in [-0.1, -0.05) is 30.4 Å². The van der Waals surface area contributed by atoms with Gasteiger partial charge in [0, 0.05) is 23.9 Å². The number of rotatable bonds is 4. The Morgan fingerprint density at radius 3 is 2.68 bits per heavy atom. The van der Waals surface area contributed by atoms with Crippen LogP contribution in [0, 0.1) is 6.92 Å². The third kappa shape index (κ3) is 3.62. The van der Waals surface area contributed by atoms with Gasteiger partial charge in [0.15, 0.2) is 11.5 Å². The van der Waals surface area contributed by atoms with Gasteiger partial charge in [-0.2, -0.15) is 5.10 Å². The zero-order valence-corrected chi connectivity index (χ0v) is 15.8. The summed E-state index contributed by atoms with van der Waals surface area (Å²) in [6.07, 6.45) is 11.3. The number of ether oxygens (including phenoxy) is 2. The molecular weight excluding hydrogens is 354 g/mol. The summed E-state index contributed by atoms with van der Waals surface area (Å²) in [5.41, 5.74) is 5.26. The molecule has 4 rings (SSSR count). The summed E-state index contributed by atoms with van der Waals surface area (Å²) in [6.45, 7) is 3.43. The summed E-state index contributed by atoms with van der Waals surface area (Å²) >= 11 is 0. The largest absolute Gasteiger partial charge is 0.465 e. The SMILES string of the molecule is CC(=O)Nc1ccc(-c2n[nH]c(C)c2C2=COC=C(C3=CC=CCC3)O2)cc1. The van der Waals surface area contributed by atoms with Crippen LogP contribution >= 0.6 is 0 Å². The lowest BCUT2D eigenvalue weighted by atomic mass is 10.0. The molecule has 1 aliphatic carbocycles. The molecule has 2 heterocycles. The van der Waals surface area contributed by atoms with Crippen LogP contribution in [0.25, 0.3) is 17.0 Å². The fourth-order valence-corrected chi connectivity index (χ4v) is 3.24. The topological polar surface area (TPSA) is 76.2 Å². The van der Waals surface area contributed by atoms with Crippen molar-refractivity contribution in [3.05, 3.63) is 77.6 Å². The lowest BCUT2D eigenvalue weighted by molar-refractivity contribution is -0.114. The lowest BCUT2D eigenvalue weighted by Crippen LogP contribution is -2.05. The monoisotopic (exact) mass is 375 g/mol. The molecule has 0 saturated heterocycles. The number of allylic oxidation sites excluding steroid dienone is 4. The predicted molar refractivity (Wildman–Crippen MR) is 108 cm³/mol. The number of nitrogens with zero attached hydrogens (tertiary/aromatic N) is 1. The predicted octanol–water partition coefficient (Wildman–Crippen LogP) is 4.81. The van der Waals surface area contributed by atoms with Crippen LogP contribution in [-0.4, -0.2) is 16.1 Å². The van der Waals surface area contributed by atoms with Crippen LogP contribution in [0.5, 0.6) is 0 Å². The number of aryl methyl sites for hydroxylation is 1. The fourth-order valence-electron chi connectivity index (χ4n) is 3.24. The van der Waals surface area contributed by atoms with E-state index >= 15 is 0 Å². The first-order valence-electron chi connectivity index (χ1n) is 9.15. The molecule has 0 bridgehead atoms. The molecule has 1 amide bonds. The van der Waals surface area contributed by atoms with E-state index in [1.807, 2.05) is 43.3 Å². The molecule has 0 unspecified atom stereocenters. The summed E-state index contributed by atoms with van der Waals surface area (Å²) in [4.78, 5) is 11.2. The van der Waals surface area contributed by atoms with Crippen molar-refractivity contribution < 1.29 is 14.3 Å². The van der Waals surface area contributed by atoms with Crippen molar-refractivity contribution in [3.8, 4) is 11.3 Å². The molecule has 6 nitrogen and oxygen atoms in total. The van der Waals surface area contributed by atoms with Crippen LogP contribution in [0.1, 0.15) is 31.0 Å². The number of nitrogens with one attached hydrogen (secondary N) is 2. The van der Waals surface area contributed by atoms with Gasteiger partial charge < -0.3 is 14.8 Å². The summed E-state index contributed by atoms with van der Waals surface area (Å²) in [7, 11) is 0. The second-order valence-electron chi connectivity index (χ2n) is 6.69. The molecule has 1 aromatic heterocycles. The Bertz CT molecular complexity index is 1020. The molecule has 142 valence electrons. The number of carbonyl (C=O) groups is 1. The van der Waals surface area contributed by atoms with Gasteiger partial charge in [0.2, 0.25) is 5.91 Å². The normalized spacial score (nSPS) is 15.7. The number of hydrogen-bond donors (Lipinski definition) is 2. The second kappa shape index (κ2) is 7.60. The van der Waals surface area contributed by atoms with Crippen molar-refractivity contribution in [2.75, 3.05) is 5.32 Å². The molecule has 0 atom stereocenters. The summed E-state index contributed by atoms with van der Waals surface area (Å²) in [5, 5.41) is 10.3. The van der Waals surface area contributed by atoms with Crippen LogP contribution in [0.4, 0.5) is 5.69 Å². The van der Waals surface area contributed by atoms with E-state index in [-0.39, 0.29) is 5.91 Å². The average molecular weight is 375 g/mol. The third-order valence-corrected chi connectivity index (χ3v) is 4.57. The lowest BCUT2D eigenvalue weighted by Gasteiger charge is -2.20. The molecule has 2 aliphatic rings.